The van der Waals surface area contributed by atoms with Crippen LogP contribution in [0.15, 0.2) is 36.4 Å². The van der Waals surface area contributed by atoms with Gasteiger partial charge in [0.05, 0.1) is 11.8 Å². The molecule has 0 unspecified atom stereocenters. The minimum atomic E-state index is -0.835. The number of aliphatic carboxylic acids is 1. The fourth-order valence-corrected chi connectivity index (χ4v) is 4.24. The Kier molecular flexibility index (Phi) is 2.67. The average molecular weight is 283 g/mol. The van der Waals surface area contributed by atoms with Crippen molar-refractivity contribution in [3.8, 4) is 0 Å². The molecule has 4 nitrogen and oxygen atoms in total. The highest BCUT2D eigenvalue weighted by Crippen LogP contribution is 2.49. The normalized spacial score (nSPS) is 32.5. The zero-order chi connectivity index (χ0) is 14.6. The summed E-state index contributed by atoms with van der Waals surface area (Å²) in [5, 5.41) is 9.49. The number of carboxylic acids is 1. The smallest absolute Gasteiger partial charge is 0.307 e. The molecule has 1 aromatic carbocycles. The van der Waals surface area contributed by atoms with Crippen LogP contribution in [0.1, 0.15) is 12.0 Å². The Hall–Kier alpha value is -2.10. The monoisotopic (exact) mass is 283 g/mol. The summed E-state index contributed by atoms with van der Waals surface area (Å²) < 4.78 is 0. The highest BCUT2D eigenvalue weighted by molar-refractivity contribution is 5.99. The Bertz CT molecular complexity index is 651. The molecular formula is C17H17NO3. The van der Waals surface area contributed by atoms with Gasteiger partial charge >= 0.3 is 5.97 Å². The summed E-state index contributed by atoms with van der Waals surface area (Å²) in [4.78, 5) is 26.3. The molecule has 4 rings (SSSR count). The van der Waals surface area contributed by atoms with Crippen molar-refractivity contribution < 1.29 is 14.7 Å². The Morgan fingerprint density at radius 1 is 1.10 bits per heavy atom. The zero-order valence-electron chi connectivity index (χ0n) is 11.6. The van der Waals surface area contributed by atoms with Gasteiger partial charge in [0.1, 0.15) is 0 Å². The van der Waals surface area contributed by atoms with Crippen LogP contribution in [0.3, 0.4) is 0 Å². The van der Waals surface area contributed by atoms with Gasteiger partial charge in [-0.25, -0.2) is 0 Å². The summed E-state index contributed by atoms with van der Waals surface area (Å²) in [7, 11) is 0. The van der Waals surface area contributed by atoms with Gasteiger partial charge in [-0.2, -0.15) is 0 Å². The third-order valence-electron chi connectivity index (χ3n) is 5.18. The van der Waals surface area contributed by atoms with E-state index in [1.165, 1.54) is 5.56 Å². The van der Waals surface area contributed by atoms with E-state index in [2.05, 4.69) is 0 Å². The van der Waals surface area contributed by atoms with E-state index in [0.717, 1.165) is 18.5 Å². The number of rotatable bonds is 2. The first-order valence-corrected chi connectivity index (χ1v) is 7.47. The number of hydrogen-bond acceptors (Lipinski definition) is 2. The van der Waals surface area contributed by atoms with E-state index in [9.17, 15) is 14.7 Å². The second-order valence-electron chi connectivity index (χ2n) is 6.21. The van der Waals surface area contributed by atoms with E-state index < -0.39 is 17.8 Å². The lowest BCUT2D eigenvalue weighted by atomic mass is 9.82. The molecule has 4 atom stereocenters. The van der Waals surface area contributed by atoms with Gasteiger partial charge in [-0.3, -0.25) is 9.59 Å². The number of amides is 1. The van der Waals surface area contributed by atoms with Crippen LogP contribution in [0.25, 0.3) is 0 Å². The largest absolute Gasteiger partial charge is 0.481 e. The van der Waals surface area contributed by atoms with E-state index in [1.54, 1.807) is 4.90 Å². The summed E-state index contributed by atoms with van der Waals surface area (Å²) in [5.74, 6) is -1.68. The number of carboxylic acid groups (broad SMARTS) is 1. The molecule has 2 bridgehead atoms. The zero-order valence-corrected chi connectivity index (χ0v) is 11.6. The van der Waals surface area contributed by atoms with Gasteiger partial charge in [0.25, 0.3) is 0 Å². The Labute approximate surface area is 123 Å². The van der Waals surface area contributed by atoms with Crippen molar-refractivity contribution in [3.63, 3.8) is 0 Å². The molecule has 1 saturated carbocycles. The lowest BCUT2D eigenvalue weighted by Gasteiger charge is -2.28. The minimum Gasteiger partial charge on any atom is -0.481 e. The first-order chi connectivity index (χ1) is 10.2. The lowest BCUT2D eigenvalue weighted by Crippen LogP contribution is -2.42. The van der Waals surface area contributed by atoms with Crippen LogP contribution in [0.4, 0.5) is 5.69 Å². The molecule has 3 aliphatic rings. The van der Waals surface area contributed by atoms with E-state index >= 15 is 0 Å². The van der Waals surface area contributed by atoms with Gasteiger partial charge in [0.15, 0.2) is 0 Å². The second-order valence-corrected chi connectivity index (χ2v) is 6.21. The number of benzene rings is 1. The average Bonchev–Trinajstić information content (AvgIpc) is 3.19. The molecule has 1 amide bonds. The number of nitrogens with zero attached hydrogens (tertiary/aromatic N) is 1. The van der Waals surface area contributed by atoms with Crippen LogP contribution in [-0.2, 0) is 16.0 Å². The Morgan fingerprint density at radius 3 is 2.57 bits per heavy atom. The molecule has 1 aromatic rings. The van der Waals surface area contributed by atoms with Gasteiger partial charge in [0.2, 0.25) is 5.91 Å². The molecular weight excluding hydrogens is 266 g/mol. The summed E-state index contributed by atoms with van der Waals surface area (Å²) >= 11 is 0. The Balaban J connectivity index is 1.67. The third kappa shape index (κ3) is 1.75. The van der Waals surface area contributed by atoms with E-state index in [4.69, 9.17) is 0 Å². The fraction of sp³-hybridized carbons (Fsp3) is 0.412. The van der Waals surface area contributed by atoms with Crippen molar-refractivity contribution in [2.45, 2.75) is 12.8 Å². The number of hydrogen-bond donors (Lipinski definition) is 1. The first-order valence-electron chi connectivity index (χ1n) is 7.47. The molecule has 0 saturated heterocycles. The number of carbonyl (C=O) groups excluding carboxylic acids is 1. The van der Waals surface area contributed by atoms with Crippen molar-refractivity contribution in [2.24, 2.45) is 23.7 Å². The highest BCUT2D eigenvalue weighted by atomic mass is 16.4. The third-order valence-corrected chi connectivity index (χ3v) is 5.18. The quantitative estimate of drug-likeness (QED) is 0.846. The maximum Gasteiger partial charge on any atom is 0.307 e. The van der Waals surface area contributed by atoms with Crippen LogP contribution in [0.5, 0.6) is 0 Å². The molecule has 1 aliphatic heterocycles. The maximum atomic E-state index is 12.9. The van der Waals surface area contributed by atoms with Crippen LogP contribution in [0.2, 0.25) is 0 Å². The standard InChI is InChI=1S/C17H17NO3/c19-16(18-8-7-10-3-1-2-4-13(10)18)14-11-5-6-12(9-11)15(14)17(20)21/h1-6,11-12,14-15H,7-9H2,(H,20,21)/t11-,12+,14+,15-/m1/s1. The molecule has 108 valence electrons. The molecule has 0 spiro atoms. The highest BCUT2D eigenvalue weighted by Gasteiger charge is 2.53. The predicted molar refractivity (Wildman–Crippen MR) is 77.9 cm³/mol. The minimum absolute atomic E-state index is 0.01000. The van der Waals surface area contributed by atoms with Crippen LogP contribution in [0, 0.1) is 23.7 Å². The fourth-order valence-electron chi connectivity index (χ4n) is 4.24. The van der Waals surface area contributed by atoms with Gasteiger partial charge in [-0.05, 0) is 36.3 Å². The van der Waals surface area contributed by atoms with Crippen molar-refractivity contribution in [1.82, 2.24) is 0 Å². The van der Waals surface area contributed by atoms with Crippen molar-refractivity contribution in [1.29, 1.82) is 0 Å². The molecule has 1 fully saturated rings. The van der Waals surface area contributed by atoms with Gasteiger partial charge in [-0.15, -0.1) is 0 Å². The molecule has 0 aromatic heterocycles. The SMILES string of the molecule is O=C(O)[C@H]1[C@@H](C(=O)N2CCc3ccccc32)[C@@H]2C=C[C@H]1C2. The summed E-state index contributed by atoms with van der Waals surface area (Å²) in [6, 6.07) is 7.91. The van der Waals surface area contributed by atoms with E-state index in [0.29, 0.717) is 6.54 Å². The summed E-state index contributed by atoms with van der Waals surface area (Å²) in [5.41, 5.74) is 2.13. The predicted octanol–water partition coefficient (Wildman–Crippen LogP) is 2.10. The Morgan fingerprint density at radius 2 is 1.81 bits per heavy atom. The number of allylic oxidation sites excluding steroid dienone is 2. The van der Waals surface area contributed by atoms with Crippen LogP contribution >= 0.6 is 0 Å². The number of fused-ring (bicyclic) bond motifs is 3. The summed E-state index contributed by atoms with van der Waals surface area (Å²) in [6.07, 6.45) is 5.68. The number of para-hydroxylation sites is 1. The summed E-state index contributed by atoms with van der Waals surface area (Å²) in [6.45, 7) is 0.669. The van der Waals surface area contributed by atoms with Gasteiger partial charge in [-0.1, -0.05) is 30.4 Å². The lowest BCUT2D eigenvalue weighted by molar-refractivity contribution is -0.147. The molecule has 0 radical (unpaired) electrons. The molecule has 1 N–H and O–H groups in total. The molecule has 21 heavy (non-hydrogen) atoms. The second kappa shape index (κ2) is 4.45. The van der Waals surface area contributed by atoms with Crippen LogP contribution < -0.4 is 4.90 Å². The topological polar surface area (TPSA) is 57.6 Å². The van der Waals surface area contributed by atoms with E-state index in [1.807, 2.05) is 36.4 Å². The van der Waals surface area contributed by atoms with Crippen molar-refractivity contribution >= 4 is 17.6 Å². The molecule has 4 heteroatoms. The molecule has 1 heterocycles. The maximum absolute atomic E-state index is 12.9. The number of carbonyl (C=O) groups is 2. The molecule has 2 aliphatic carbocycles. The number of anilines is 1. The van der Waals surface area contributed by atoms with Crippen molar-refractivity contribution in [3.05, 3.63) is 42.0 Å². The van der Waals surface area contributed by atoms with E-state index in [-0.39, 0.29) is 17.7 Å². The first kappa shape index (κ1) is 12.6. The van der Waals surface area contributed by atoms with Crippen molar-refractivity contribution in [2.75, 3.05) is 11.4 Å². The van der Waals surface area contributed by atoms with Gasteiger partial charge < -0.3 is 10.0 Å². The van der Waals surface area contributed by atoms with Gasteiger partial charge in [0, 0.05) is 12.2 Å². The van der Waals surface area contributed by atoms with Crippen LogP contribution in [-0.4, -0.2) is 23.5 Å².